The minimum atomic E-state index is -3.53. The zero-order chi connectivity index (χ0) is 24.7. The first-order valence-electron chi connectivity index (χ1n) is 14.1. The van der Waals surface area contributed by atoms with Crippen LogP contribution in [0.5, 0.6) is 0 Å². The van der Waals surface area contributed by atoms with Crippen molar-refractivity contribution in [2.24, 2.45) is 28.6 Å². The van der Waals surface area contributed by atoms with Crippen LogP contribution in [0.4, 0.5) is 0 Å². The Hall–Kier alpha value is -1.39. The molecule has 0 aliphatic heterocycles. The van der Waals surface area contributed by atoms with Gasteiger partial charge < -0.3 is 0 Å². The third kappa shape index (κ3) is 4.82. The van der Waals surface area contributed by atoms with Crippen LogP contribution in [-0.2, 0) is 20.1 Å². The number of allylic oxidation sites excluding steroid dienone is 4. The fourth-order valence-electron chi connectivity index (χ4n) is 8.40. The molecule has 0 spiro atoms. The van der Waals surface area contributed by atoms with E-state index in [4.69, 9.17) is 4.18 Å². The Morgan fingerprint density at radius 3 is 2.63 bits per heavy atom. The molecule has 0 heterocycles. The maximum atomic E-state index is 12.4. The summed E-state index contributed by atoms with van der Waals surface area (Å²) in [6, 6.07) is 9.29. The highest BCUT2D eigenvalue weighted by molar-refractivity contribution is 7.85. The highest BCUT2D eigenvalue weighted by atomic mass is 32.2. The van der Waals surface area contributed by atoms with Crippen molar-refractivity contribution in [3.8, 4) is 0 Å². The summed E-state index contributed by atoms with van der Waals surface area (Å²) in [6.45, 7) is 7.80. The molecular weight excluding hydrogens is 452 g/mol. The highest BCUT2D eigenvalue weighted by Gasteiger charge is 2.52. The van der Waals surface area contributed by atoms with Crippen LogP contribution in [0.3, 0.4) is 0 Å². The van der Waals surface area contributed by atoms with E-state index in [1.54, 1.807) is 11.1 Å². The molecule has 0 bridgehead atoms. The second-order valence-corrected chi connectivity index (χ2v) is 14.0. The molecule has 1 aromatic rings. The van der Waals surface area contributed by atoms with Crippen molar-refractivity contribution < 1.29 is 12.6 Å². The Morgan fingerprint density at radius 1 is 1.03 bits per heavy atom. The number of fused-ring (bicyclic) bond motifs is 4. The summed E-state index contributed by atoms with van der Waals surface area (Å²) < 4.78 is 30.1. The van der Waals surface area contributed by atoms with Crippen molar-refractivity contribution in [3.63, 3.8) is 0 Å². The molecule has 192 valence electrons. The van der Waals surface area contributed by atoms with Gasteiger partial charge in [-0.2, -0.15) is 8.42 Å². The molecule has 1 aromatic carbocycles. The molecule has 1 saturated carbocycles. The summed E-state index contributed by atoms with van der Waals surface area (Å²) in [5, 5.41) is 0. The number of rotatable bonds is 8. The summed E-state index contributed by atoms with van der Waals surface area (Å²) in [7, 11) is -3.53. The van der Waals surface area contributed by atoms with E-state index in [-0.39, 0.29) is 17.8 Å². The molecule has 4 aliphatic carbocycles. The van der Waals surface area contributed by atoms with E-state index in [2.05, 4.69) is 26.8 Å². The molecule has 4 aliphatic rings. The van der Waals surface area contributed by atoms with Crippen molar-refractivity contribution >= 4 is 10.1 Å². The van der Waals surface area contributed by atoms with E-state index in [0.29, 0.717) is 17.3 Å². The summed E-state index contributed by atoms with van der Waals surface area (Å²) in [5.41, 5.74) is 6.81. The van der Waals surface area contributed by atoms with E-state index >= 15 is 0 Å². The number of benzene rings is 1. The van der Waals surface area contributed by atoms with Gasteiger partial charge in [-0.3, -0.25) is 4.18 Å². The quantitative estimate of drug-likeness (QED) is 0.271. The molecule has 0 amide bonds. The van der Waals surface area contributed by atoms with Crippen LogP contribution in [0.2, 0.25) is 0 Å². The van der Waals surface area contributed by atoms with Gasteiger partial charge in [-0.05, 0) is 103 Å². The van der Waals surface area contributed by atoms with E-state index < -0.39 is 10.1 Å². The molecule has 5 atom stereocenters. The summed E-state index contributed by atoms with van der Waals surface area (Å²) in [6.07, 6.45) is 16.5. The van der Waals surface area contributed by atoms with Gasteiger partial charge in [0.25, 0.3) is 10.1 Å². The van der Waals surface area contributed by atoms with Crippen molar-refractivity contribution in [2.45, 2.75) is 97.2 Å². The Bertz CT molecular complexity index is 1090. The molecule has 4 heteroatoms. The van der Waals surface area contributed by atoms with Crippen molar-refractivity contribution in [2.75, 3.05) is 6.61 Å². The lowest BCUT2D eigenvalue weighted by Gasteiger charge is -2.53. The van der Waals surface area contributed by atoms with Gasteiger partial charge in [-0.15, -0.1) is 0 Å². The van der Waals surface area contributed by atoms with Crippen LogP contribution in [-0.4, -0.2) is 15.0 Å². The van der Waals surface area contributed by atoms with Crippen LogP contribution in [0.15, 0.2) is 53.1 Å². The zero-order valence-corrected chi connectivity index (χ0v) is 22.8. The van der Waals surface area contributed by atoms with Gasteiger partial charge in [-0.25, -0.2) is 0 Å². The van der Waals surface area contributed by atoms with Crippen LogP contribution >= 0.6 is 0 Å². The lowest BCUT2D eigenvalue weighted by atomic mass is 9.52. The Labute approximate surface area is 213 Å². The molecule has 0 radical (unpaired) electrons. The minimum Gasteiger partial charge on any atom is -0.270 e. The average molecular weight is 497 g/mol. The fourth-order valence-corrected chi connectivity index (χ4v) is 9.45. The summed E-state index contributed by atoms with van der Waals surface area (Å²) in [4.78, 5) is 0. The minimum absolute atomic E-state index is 0.0470. The lowest BCUT2D eigenvalue weighted by Crippen LogP contribution is -2.41. The van der Waals surface area contributed by atoms with Crippen molar-refractivity contribution in [1.29, 1.82) is 0 Å². The number of hydrogen-bond donors (Lipinski definition) is 0. The third-order valence-corrected chi connectivity index (χ3v) is 11.6. The standard InChI is InChI=1S/C31H44O3S/c1-23(10-9-21-34-35(32,33)22-24-11-5-4-6-12-24)27-16-17-28-26-15-14-25-13-7-8-19-30(25,2)29(26)18-20-31(27,28)3/h4-6,11-12,17,23,25,27H,7-10,13-16,18-22H2,1-3H3/t23-,25-,27-,30+,31-/m1/s1. The molecule has 1 fully saturated rings. The van der Waals surface area contributed by atoms with Crippen LogP contribution in [0.1, 0.15) is 97.0 Å². The SMILES string of the molecule is C[C@H](CCCOS(=O)(=O)Cc1ccccc1)[C@H]1CC=C2C3=C(CC[C@@]21C)[C@@]1(C)CCCC[C@@H]1CC3. The second kappa shape index (κ2) is 9.82. The molecule has 3 nitrogen and oxygen atoms in total. The van der Waals surface area contributed by atoms with Crippen molar-refractivity contribution in [1.82, 2.24) is 0 Å². The van der Waals surface area contributed by atoms with Crippen LogP contribution in [0.25, 0.3) is 0 Å². The van der Waals surface area contributed by atoms with Gasteiger partial charge in [0.05, 0.1) is 6.61 Å². The molecule has 0 N–H and O–H groups in total. The summed E-state index contributed by atoms with van der Waals surface area (Å²) >= 11 is 0. The predicted octanol–water partition coefficient (Wildman–Crippen LogP) is 7.98. The molecular formula is C31H44O3S. The van der Waals surface area contributed by atoms with E-state index in [9.17, 15) is 8.42 Å². The zero-order valence-electron chi connectivity index (χ0n) is 22.0. The largest absolute Gasteiger partial charge is 0.271 e. The molecule has 35 heavy (non-hydrogen) atoms. The molecule has 0 aromatic heterocycles. The van der Waals surface area contributed by atoms with E-state index in [0.717, 1.165) is 24.3 Å². The fraction of sp³-hybridized carbons (Fsp3) is 0.677. The molecule has 0 saturated heterocycles. The van der Waals surface area contributed by atoms with Gasteiger partial charge in [0.15, 0.2) is 0 Å². The smallest absolute Gasteiger partial charge is 0.270 e. The maximum Gasteiger partial charge on any atom is 0.271 e. The highest BCUT2D eigenvalue weighted by Crippen LogP contribution is 2.64. The molecule has 0 unspecified atom stereocenters. The first-order chi connectivity index (χ1) is 16.7. The molecule has 5 rings (SSSR count). The lowest BCUT2D eigenvalue weighted by molar-refractivity contribution is 0.106. The second-order valence-electron chi connectivity index (χ2n) is 12.4. The monoisotopic (exact) mass is 496 g/mol. The average Bonchev–Trinajstić information content (AvgIpc) is 3.19. The van der Waals surface area contributed by atoms with Gasteiger partial charge >= 0.3 is 0 Å². The Balaban J connectivity index is 1.18. The predicted molar refractivity (Wildman–Crippen MR) is 143 cm³/mol. The Kier molecular flexibility index (Phi) is 7.09. The van der Waals surface area contributed by atoms with Crippen LogP contribution in [0, 0.1) is 28.6 Å². The summed E-state index contributed by atoms with van der Waals surface area (Å²) in [5.74, 6) is 2.09. The van der Waals surface area contributed by atoms with Gasteiger partial charge in [0.2, 0.25) is 0 Å². The van der Waals surface area contributed by atoms with Crippen LogP contribution < -0.4 is 0 Å². The third-order valence-electron chi connectivity index (χ3n) is 10.4. The topological polar surface area (TPSA) is 43.4 Å². The van der Waals surface area contributed by atoms with Crippen molar-refractivity contribution in [3.05, 3.63) is 58.7 Å². The van der Waals surface area contributed by atoms with E-state index in [1.807, 2.05) is 35.9 Å². The maximum absolute atomic E-state index is 12.4. The first kappa shape index (κ1) is 25.3. The first-order valence-corrected chi connectivity index (χ1v) is 15.7. The van der Waals surface area contributed by atoms with Gasteiger partial charge in [-0.1, -0.05) is 75.6 Å². The number of hydrogen-bond acceptors (Lipinski definition) is 3. The van der Waals surface area contributed by atoms with E-state index in [1.165, 1.54) is 57.8 Å². The normalized spacial score (nSPS) is 33.5. The Morgan fingerprint density at radius 2 is 1.83 bits per heavy atom. The van der Waals surface area contributed by atoms with Gasteiger partial charge in [0, 0.05) is 0 Å². The van der Waals surface area contributed by atoms with Gasteiger partial charge in [0.1, 0.15) is 5.75 Å².